The third-order valence-electron chi connectivity index (χ3n) is 4.90. The first kappa shape index (κ1) is 20.5. The van der Waals surface area contributed by atoms with Crippen LogP contribution in [0, 0.1) is 0 Å². The molecule has 0 spiro atoms. The molecule has 2 saturated heterocycles. The topological polar surface area (TPSA) is 61.9 Å². The summed E-state index contributed by atoms with van der Waals surface area (Å²) >= 11 is 0. The van der Waals surface area contributed by atoms with E-state index in [4.69, 9.17) is 4.74 Å². The van der Waals surface area contributed by atoms with Crippen molar-refractivity contribution in [3.05, 3.63) is 29.8 Å². The highest BCUT2D eigenvalue weighted by molar-refractivity contribution is 5.97. The van der Waals surface area contributed by atoms with E-state index in [0.717, 1.165) is 25.8 Å². The fraction of sp³-hybridized carbons (Fsp3) is 0.579. The van der Waals surface area contributed by atoms with Crippen LogP contribution in [0.25, 0.3) is 0 Å². The molecule has 7 heteroatoms. The molecule has 1 unspecified atom stereocenters. The number of benzene rings is 1. The van der Waals surface area contributed by atoms with Gasteiger partial charge in [-0.1, -0.05) is 18.6 Å². The third-order valence-corrected chi connectivity index (χ3v) is 4.90. The number of ether oxygens (including phenoxy) is 1. The Hall–Kier alpha value is -1.79. The van der Waals surface area contributed by atoms with Gasteiger partial charge in [0, 0.05) is 26.2 Å². The maximum absolute atomic E-state index is 12.8. The van der Waals surface area contributed by atoms with Gasteiger partial charge in [-0.2, -0.15) is 0 Å². The van der Waals surface area contributed by atoms with E-state index >= 15 is 0 Å². The van der Waals surface area contributed by atoms with Crippen LogP contribution in [-0.4, -0.2) is 67.0 Å². The average Bonchev–Trinajstić information content (AvgIpc) is 2.68. The maximum Gasteiger partial charge on any atom is 0.257 e. The molecule has 1 aromatic carbocycles. The Bertz CT molecular complexity index is 612. The average molecular weight is 382 g/mol. The van der Waals surface area contributed by atoms with Gasteiger partial charge in [-0.25, -0.2) is 0 Å². The number of hydrogen-bond donors (Lipinski definition) is 1. The quantitative estimate of drug-likeness (QED) is 0.865. The van der Waals surface area contributed by atoms with Crippen molar-refractivity contribution < 1.29 is 14.3 Å². The summed E-state index contributed by atoms with van der Waals surface area (Å²) in [5, 5.41) is 3.31. The smallest absolute Gasteiger partial charge is 0.257 e. The highest BCUT2D eigenvalue weighted by Gasteiger charge is 2.30. The van der Waals surface area contributed by atoms with Crippen LogP contribution in [0.15, 0.2) is 24.3 Å². The minimum Gasteiger partial charge on any atom is -0.493 e. The lowest BCUT2D eigenvalue weighted by molar-refractivity contribution is -0.135. The van der Waals surface area contributed by atoms with E-state index < -0.39 is 0 Å². The van der Waals surface area contributed by atoms with Crippen LogP contribution >= 0.6 is 12.4 Å². The van der Waals surface area contributed by atoms with E-state index in [1.807, 2.05) is 34.9 Å². The summed E-state index contributed by atoms with van der Waals surface area (Å²) in [6.07, 6.45) is 3.17. The van der Waals surface area contributed by atoms with Crippen LogP contribution in [0.2, 0.25) is 0 Å². The van der Waals surface area contributed by atoms with Crippen molar-refractivity contribution >= 4 is 24.2 Å². The summed E-state index contributed by atoms with van der Waals surface area (Å²) in [5.74, 6) is 0.786. The molecular weight excluding hydrogens is 354 g/mol. The SMILES string of the molecule is CCOc1ccccc1C(=O)N1CCN(C(=O)C2CCCCN2)CC1.Cl. The molecule has 0 radical (unpaired) electrons. The number of piperidine rings is 1. The Morgan fingerprint density at radius 3 is 2.46 bits per heavy atom. The van der Waals surface area contributed by atoms with Crippen LogP contribution in [0.3, 0.4) is 0 Å². The Kier molecular flexibility index (Phi) is 7.72. The molecule has 0 aromatic heterocycles. The van der Waals surface area contributed by atoms with E-state index in [1.165, 1.54) is 0 Å². The summed E-state index contributed by atoms with van der Waals surface area (Å²) in [7, 11) is 0. The van der Waals surface area contributed by atoms with E-state index in [0.29, 0.717) is 44.1 Å². The van der Waals surface area contributed by atoms with Gasteiger partial charge < -0.3 is 19.9 Å². The van der Waals surface area contributed by atoms with Gasteiger partial charge in [0.25, 0.3) is 5.91 Å². The number of rotatable bonds is 4. The van der Waals surface area contributed by atoms with Crippen LogP contribution < -0.4 is 10.1 Å². The molecule has 2 amide bonds. The van der Waals surface area contributed by atoms with Crippen LogP contribution in [0.1, 0.15) is 36.5 Å². The molecule has 0 saturated carbocycles. The van der Waals surface area contributed by atoms with Crippen LogP contribution in [0.5, 0.6) is 5.75 Å². The predicted octanol–water partition coefficient (Wildman–Crippen LogP) is 1.93. The number of nitrogens with zero attached hydrogens (tertiary/aromatic N) is 2. The first-order valence-corrected chi connectivity index (χ1v) is 9.24. The molecular formula is C19H28ClN3O3. The largest absolute Gasteiger partial charge is 0.493 e. The van der Waals surface area contributed by atoms with Gasteiger partial charge in [0.2, 0.25) is 5.91 Å². The van der Waals surface area contributed by atoms with E-state index in [2.05, 4.69) is 5.32 Å². The second-order valence-electron chi connectivity index (χ2n) is 6.55. The molecule has 0 bridgehead atoms. The van der Waals surface area contributed by atoms with Gasteiger partial charge in [-0.05, 0) is 38.4 Å². The van der Waals surface area contributed by atoms with E-state index in [-0.39, 0.29) is 30.3 Å². The zero-order chi connectivity index (χ0) is 17.6. The van der Waals surface area contributed by atoms with Crippen molar-refractivity contribution in [2.75, 3.05) is 39.3 Å². The molecule has 26 heavy (non-hydrogen) atoms. The van der Waals surface area contributed by atoms with E-state index in [9.17, 15) is 9.59 Å². The van der Waals surface area contributed by atoms with Gasteiger partial charge in [-0.15, -0.1) is 12.4 Å². The highest BCUT2D eigenvalue weighted by atomic mass is 35.5. The number of piperazine rings is 1. The standard InChI is InChI=1S/C19H27N3O3.ClH/c1-2-25-17-9-4-3-7-15(17)18(23)21-11-13-22(14-12-21)19(24)16-8-5-6-10-20-16;/h3-4,7,9,16,20H,2,5-6,8,10-14H2,1H3;1H. The molecule has 2 aliphatic rings. The summed E-state index contributed by atoms with van der Waals surface area (Å²) in [5.41, 5.74) is 0.595. The van der Waals surface area contributed by atoms with Crippen molar-refractivity contribution in [2.45, 2.75) is 32.2 Å². The molecule has 1 N–H and O–H groups in total. The molecule has 0 aliphatic carbocycles. The molecule has 2 aliphatic heterocycles. The number of halogens is 1. The lowest BCUT2D eigenvalue weighted by Crippen LogP contribution is -2.55. The van der Waals surface area contributed by atoms with Crippen molar-refractivity contribution in [1.29, 1.82) is 0 Å². The number of hydrogen-bond acceptors (Lipinski definition) is 4. The molecule has 144 valence electrons. The lowest BCUT2D eigenvalue weighted by Gasteiger charge is -2.37. The predicted molar refractivity (Wildman–Crippen MR) is 103 cm³/mol. The molecule has 6 nitrogen and oxygen atoms in total. The fourth-order valence-electron chi connectivity index (χ4n) is 3.51. The number of nitrogens with one attached hydrogen (secondary N) is 1. The second kappa shape index (κ2) is 9.78. The Morgan fingerprint density at radius 1 is 1.12 bits per heavy atom. The Balaban J connectivity index is 0.00000243. The highest BCUT2D eigenvalue weighted by Crippen LogP contribution is 2.21. The first-order chi connectivity index (χ1) is 12.2. The Labute approximate surface area is 161 Å². The van der Waals surface area contributed by atoms with Crippen molar-refractivity contribution in [2.24, 2.45) is 0 Å². The van der Waals surface area contributed by atoms with Gasteiger partial charge >= 0.3 is 0 Å². The molecule has 1 atom stereocenters. The monoisotopic (exact) mass is 381 g/mol. The van der Waals surface area contributed by atoms with Crippen molar-refractivity contribution in [3.63, 3.8) is 0 Å². The summed E-state index contributed by atoms with van der Waals surface area (Å²) in [6.45, 7) is 5.68. The summed E-state index contributed by atoms with van der Waals surface area (Å²) in [4.78, 5) is 29.1. The van der Waals surface area contributed by atoms with Gasteiger partial charge in [0.05, 0.1) is 18.2 Å². The minimum atomic E-state index is -0.0466. The molecule has 3 rings (SSSR count). The zero-order valence-corrected chi connectivity index (χ0v) is 16.1. The van der Waals surface area contributed by atoms with Gasteiger partial charge in [-0.3, -0.25) is 9.59 Å². The number of amides is 2. The van der Waals surface area contributed by atoms with Gasteiger partial charge in [0.15, 0.2) is 0 Å². The number of carbonyl (C=O) groups is 2. The third kappa shape index (κ3) is 4.68. The first-order valence-electron chi connectivity index (χ1n) is 9.24. The Morgan fingerprint density at radius 2 is 1.81 bits per heavy atom. The summed E-state index contributed by atoms with van der Waals surface area (Å²) in [6, 6.07) is 7.30. The second-order valence-corrected chi connectivity index (χ2v) is 6.55. The lowest BCUT2D eigenvalue weighted by atomic mass is 10.0. The molecule has 1 aromatic rings. The van der Waals surface area contributed by atoms with Gasteiger partial charge in [0.1, 0.15) is 5.75 Å². The maximum atomic E-state index is 12.8. The van der Waals surface area contributed by atoms with Crippen molar-refractivity contribution in [1.82, 2.24) is 15.1 Å². The molecule has 2 fully saturated rings. The van der Waals surface area contributed by atoms with Crippen LogP contribution in [0.4, 0.5) is 0 Å². The number of carbonyl (C=O) groups excluding carboxylic acids is 2. The fourth-order valence-corrected chi connectivity index (χ4v) is 3.51. The zero-order valence-electron chi connectivity index (χ0n) is 15.3. The van der Waals surface area contributed by atoms with E-state index in [1.54, 1.807) is 6.07 Å². The summed E-state index contributed by atoms with van der Waals surface area (Å²) < 4.78 is 5.57. The minimum absolute atomic E-state index is 0. The van der Waals surface area contributed by atoms with Crippen molar-refractivity contribution in [3.8, 4) is 5.75 Å². The van der Waals surface area contributed by atoms with Crippen LogP contribution in [-0.2, 0) is 4.79 Å². The normalized spacial score (nSPS) is 20.3. The molecule has 2 heterocycles. The number of para-hydroxylation sites is 1.